The zero-order chi connectivity index (χ0) is 21.5. The van der Waals surface area contributed by atoms with E-state index < -0.39 is 64.2 Å². The van der Waals surface area contributed by atoms with Crippen molar-refractivity contribution in [2.45, 2.75) is 31.2 Å². The molecule has 2 heterocycles. The molecular weight excluding hydrogens is 398 g/mol. The van der Waals surface area contributed by atoms with Gasteiger partial charge < -0.3 is 5.32 Å². The van der Waals surface area contributed by atoms with Crippen LogP contribution in [-0.4, -0.2) is 35.1 Å². The molecule has 2 aliphatic heterocycles. The molecule has 0 aromatic heterocycles. The second-order valence-corrected chi connectivity index (χ2v) is 9.29. The predicted molar refractivity (Wildman–Crippen MR) is 106 cm³/mol. The number of imide groups is 2. The van der Waals surface area contributed by atoms with Crippen molar-refractivity contribution in [3.63, 3.8) is 0 Å². The average molecular weight is 419 g/mol. The van der Waals surface area contributed by atoms with E-state index in [9.17, 15) is 24.0 Å². The van der Waals surface area contributed by atoms with Crippen LogP contribution in [0, 0.1) is 29.1 Å². The summed E-state index contributed by atoms with van der Waals surface area (Å²) >= 11 is 0. The highest BCUT2D eigenvalue weighted by Gasteiger charge is 2.79. The second-order valence-electron chi connectivity index (χ2n) is 9.29. The molecule has 6 atom stereocenters. The van der Waals surface area contributed by atoms with Gasteiger partial charge in [0.05, 0.1) is 29.2 Å². The van der Waals surface area contributed by atoms with Crippen LogP contribution < -0.4 is 16.0 Å². The number of amides is 5. The summed E-state index contributed by atoms with van der Waals surface area (Å²) in [5.74, 6) is -5.64. The Labute approximate surface area is 177 Å². The van der Waals surface area contributed by atoms with E-state index in [1.165, 1.54) is 0 Å². The number of carbonyl (C=O) groups is 5. The Morgan fingerprint density at radius 1 is 0.839 bits per heavy atom. The van der Waals surface area contributed by atoms with Crippen LogP contribution in [0.1, 0.15) is 36.0 Å². The molecule has 4 fully saturated rings. The van der Waals surface area contributed by atoms with Gasteiger partial charge in [0.2, 0.25) is 23.6 Å². The minimum Gasteiger partial charge on any atom is -0.341 e. The lowest BCUT2D eigenvalue weighted by Gasteiger charge is -2.63. The minimum atomic E-state index is -1.43. The Hall–Kier alpha value is -3.29. The van der Waals surface area contributed by atoms with E-state index in [1.807, 2.05) is 6.08 Å². The van der Waals surface area contributed by atoms with Crippen LogP contribution >= 0.6 is 0 Å². The minimum absolute atomic E-state index is 0.379. The quantitative estimate of drug-likeness (QED) is 0.475. The first-order chi connectivity index (χ1) is 14.9. The highest BCUT2D eigenvalue weighted by Crippen LogP contribution is 2.69. The van der Waals surface area contributed by atoms with Gasteiger partial charge in [-0.1, -0.05) is 36.3 Å². The smallest absolute Gasteiger partial charge is 0.252 e. The fraction of sp³-hybridized carbons (Fsp3) is 0.435. The van der Waals surface area contributed by atoms with Crippen molar-refractivity contribution >= 4 is 29.5 Å². The zero-order valence-corrected chi connectivity index (χ0v) is 16.6. The van der Waals surface area contributed by atoms with Gasteiger partial charge in [0.15, 0.2) is 0 Å². The predicted octanol–water partition coefficient (Wildman–Crippen LogP) is 0.447. The van der Waals surface area contributed by atoms with Crippen LogP contribution in [0.25, 0.3) is 0 Å². The average Bonchev–Trinajstić information content (AvgIpc) is 3.26. The molecule has 7 rings (SSSR count). The van der Waals surface area contributed by atoms with Crippen molar-refractivity contribution in [1.82, 2.24) is 16.0 Å². The van der Waals surface area contributed by atoms with Crippen molar-refractivity contribution in [1.29, 1.82) is 0 Å². The van der Waals surface area contributed by atoms with Crippen molar-refractivity contribution in [2.75, 3.05) is 0 Å². The molecule has 3 N–H and O–H groups in total. The lowest BCUT2D eigenvalue weighted by Crippen LogP contribution is -2.74. The molecule has 5 amide bonds. The summed E-state index contributed by atoms with van der Waals surface area (Å²) in [6, 6.07) is 8.52. The second kappa shape index (κ2) is 5.90. The highest BCUT2D eigenvalue weighted by molar-refractivity contribution is 6.13. The maximum atomic E-state index is 13.2. The molecule has 2 unspecified atom stereocenters. The topological polar surface area (TPSA) is 121 Å². The third-order valence-electron chi connectivity index (χ3n) is 8.09. The maximum Gasteiger partial charge on any atom is 0.252 e. The summed E-state index contributed by atoms with van der Waals surface area (Å²) < 4.78 is 0. The van der Waals surface area contributed by atoms with Crippen LogP contribution in [0.5, 0.6) is 0 Å². The first-order valence-electron chi connectivity index (χ1n) is 10.7. The molecule has 2 bridgehead atoms. The van der Waals surface area contributed by atoms with Crippen molar-refractivity contribution in [3.8, 4) is 0 Å². The summed E-state index contributed by atoms with van der Waals surface area (Å²) in [4.78, 5) is 65.4. The molecular formula is C23H21N3O5. The molecule has 158 valence electrons. The van der Waals surface area contributed by atoms with E-state index in [4.69, 9.17) is 0 Å². The number of nitrogens with one attached hydrogen (secondary N) is 3. The SMILES string of the molecule is O=C(NC12C=C3CCCCC3([C@@H]3C(=O)NC(=O)[C@@H]31)[C@H]1C(=O)NC(=O)[C@H]12)c1ccccc1. The Morgan fingerprint density at radius 3 is 2.03 bits per heavy atom. The number of hydrogen-bond donors (Lipinski definition) is 3. The van der Waals surface area contributed by atoms with Gasteiger partial charge in [-0.2, -0.15) is 0 Å². The van der Waals surface area contributed by atoms with Crippen molar-refractivity contribution < 1.29 is 24.0 Å². The van der Waals surface area contributed by atoms with Gasteiger partial charge in [-0.3, -0.25) is 34.6 Å². The van der Waals surface area contributed by atoms with Gasteiger partial charge in [0, 0.05) is 11.0 Å². The van der Waals surface area contributed by atoms with Gasteiger partial charge in [-0.05, 0) is 31.4 Å². The molecule has 4 aliphatic carbocycles. The zero-order valence-electron chi connectivity index (χ0n) is 16.6. The Kier molecular flexibility index (Phi) is 3.52. The number of carbonyl (C=O) groups excluding carboxylic acids is 5. The monoisotopic (exact) mass is 419 g/mol. The van der Waals surface area contributed by atoms with Crippen molar-refractivity contribution in [3.05, 3.63) is 47.5 Å². The van der Waals surface area contributed by atoms with Gasteiger partial charge in [0.25, 0.3) is 5.91 Å². The summed E-state index contributed by atoms with van der Waals surface area (Å²) in [5.41, 5.74) is -0.976. The van der Waals surface area contributed by atoms with Crippen LogP contribution in [-0.2, 0) is 19.2 Å². The molecule has 8 heteroatoms. The first kappa shape index (κ1) is 18.5. The first-order valence-corrected chi connectivity index (χ1v) is 10.7. The lowest BCUT2D eigenvalue weighted by atomic mass is 9.39. The Bertz CT molecular complexity index is 1070. The van der Waals surface area contributed by atoms with E-state index in [2.05, 4.69) is 16.0 Å². The van der Waals surface area contributed by atoms with Gasteiger partial charge in [-0.25, -0.2) is 0 Å². The molecule has 31 heavy (non-hydrogen) atoms. The van der Waals surface area contributed by atoms with Gasteiger partial charge in [-0.15, -0.1) is 0 Å². The fourth-order valence-corrected chi connectivity index (χ4v) is 7.16. The number of hydrogen-bond acceptors (Lipinski definition) is 5. The Morgan fingerprint density at radius 2 is 1.42 bits per heavy atom. The van der Waals surface area contributed by atoms with Crippen LogP contribution in [0.3, 0.4) is 0 Å². The third kappa shape index (κ3) is 2.07. The van der Waals surface area contributed by atoms with E-state index >= 15 is 0 Å². The third-order valence-corrected chi connectivity index (χ3v) is 8.09. The summed E-state index contributed by atoms with van der Waals surface area (Å²) in [6.45, 7) is 0. The molecule has 2 saturated carbocycles. The van der Waals surface area contributed by atoms with Crippen LogP contribution in [0.4, 0.5) is 0 Å². The van der Waals surface area contributed by atoms with Crippen LogP contribution in [0.15, 0.2) is 42.0 Å². The van der Waals surface area contributed by atoms with Gasteiger partial charge >= 0.3 is 0 Å². The largest absolute Gasteiger partial charge is 0.341 e. The summed E-state index contributed by atoms with van der Waals surface area (Å²) in [5, 5.41) is 7.85. The van der Waals surface area contributed by atoms with Gasteiger partial charge in [0.1, 0.15) is 0 Å². The van der Waals surface area contributed by atoms with E-state index in [-0.39, 0.29) is 0 Å². The van der Waals surface area contributed by atoms with E-state index in [1.54, 1.807) is 30.3 Å². The van der Waals surface area contributed by atoms with E-state index in [0.717, 1.165) is 18.4 Å². The normalized spacial score (nSPS) is 39.8. The molecule has 2 saturated heterocycles. The summed E-state index contributed by atoms with van der Waals surface area (Å²) in [6.07, 6.45) is 4.82. The van der Waals surface area contributed by atoms with E-state index in [0.29, 0.717) is 18.4 Å². The fourth-order valence-electron chi connectivity index (χ4n) is 7.16. The molecule has 6 aliphatic rings. The highest BCUT2D eigenvalue weighted by atomic mass is 16.2. The molecule has 8 nitrogen and oxygen atoms in total. The molecule has 1 aromatic rings. The molecule has 0 radical (unpaired) electrons. The number of benzene rings is 1. The van der Waals surface area contributed by atoms with Crippen LogP contribution in [0.2, 0.25) is 0 Å². The maximum absolute atomic E-state index is 13.2. The summed E-state index contributed by atoms with van der Waals surface area (Å²) in [7, 11) is 0. The van der Waals surface area contributed by atoms with Crippen molar-refractivity contribution in [2.24, 2.45) is 29.1 Å². The number of allylic oxidation sites excluding steroid dienone is 1. The molecule has 1 aromatic carbocycles. The Balaban J connectivity index is 1.60. The number of rotatable bonds is 2. The lowest BCUT2D eigenvalue weighted by molar-refractivity contribution is -0.155. The molecule has 1 spiro atoms. The standard InChI is InChI=1S/C23H21N3O5/c27-17(11-6-2-1-3-7-11)26-23-10-12-8-4-5-9-22(12,13-15(23)20(30)24-18(13)28)14-16(23)21(31)25-19(14)29/h1-3,6-7,10,13-16H,4-5,8-9H2,(H,26,27)(H,24,28,30)(H,25,29,31)/t13-,14+,15+,16-,22?,23?.